The number of methoxy groups -OCH3 is 2. The molecule has 3 atom stereocenters. The van der Waals surface area contributed by atoms with E-state index in [0.717, 1.165) is 12.1 Å². The number of piperidine rings is 1. The Morgan fingerprint density at radius 2 is 1.75 bits per heavy atom. The highest BCUT2D eigenvalue weighted by Gasteiger charge is 2.61. The average molecular weight is 755 g/mol. The molecule has 2 aromatic carbocycles. The highest BCUT2D eigenvalue weighted by molar-refractivity contribution is 7.22. The zero-order chi connectivity index (χ0) is 37.2. The normalized spacial score (nSPS) is 24.7. The summed E-state index contributed by atoms with van der Waals surface area (Å²) in [7, 11) is 2.72. The molecule has 18 heteroatoms. The molecule has 2 saturated heterocycles. The number of aromatic nitrogens is 1. The third kappa shape index (κ3) is 6.33. The van der Waals surface area contributed by atoms with Gasteiger partial charge < -0.3 is 39.2 Å². The third-order valence-electron chi connectivity index (χ3n) is 10.5. The molecule has 1 aliphatic carbocycles. The summed E-state index contributed by atoms with van der Waals surface area (Å²) in [5, 5.41) is 5.93. The van der Waals surface area contributed by atoms with E-state index in [4.69, 9.17) is 19.2 Å². The Balaban J connectivity index is 1.17. The summed E-state index contributed by atoms with van der Waals surface area (Å²) in [6, 6.07) is 4.41. The summed E-state index contributed by atoms with van der Waals surface area (Å²) in [4.78, 5) is 46.9. The van der Waals surface area contributed by atoms with Crippen molar-refractivity contribution in [2.75, 3.05) is 44.1 Å². The van der Waals surface area contributed by atoms with Gasteiger partial charge in [0.1, 0.15) is 11.3 Å². The quantitative estimate of drug-likeness (QED) is 0.210. The molecule has 52 heavy (non-hydrogen) atoms. The molecule has 280 valence electrons. The number of nitrogens with zero attached hydrogens (tertiary/aromatic N) is 2. The highest BCUT2D eigenvalue weighted by atomic mass is 32.1. The first kappa shape index (κ1) is 35.9. The van der Waals surface area contributed by atoms with Crippen molar-refractivity contribution in [3.63, 3.8) is 0 Å². The Bertz CT molecular complexity index is 1930. The van der Waals surface area contributed by atoms with Gasteiger partial charge in [-0.25, -0.2) is 4.98 Å². The lowest BCUT2D eigenvalue weighted by molar-refractivity contribution is -0.308. The van der Waals surface area contributed by atoms with Crippen molar-refractivity contribution in [2.45, 2.75) is 69.6 Å². The van der Waals surface area contributed by atoms with Gasteiger partial charge in [-0.15, -0.1) is 8.78 Å². The number of hydrogen-bond donors (Lipinski definition) is 2. The maximum atomic E-state index is 14.1. The fourth-order valence-corrected chi connectivity index (χ4v) is 8.63. The van der Waals surface area contributed by atoms with E-state index in [0.29, 0.717) is 47.7 Å². The second-order valence-electron chi connectivity index (χ2n) is 13.7. The van der Waals surface area contributed by atoms with Crippen LogP contribution >= 0.6 is 11.3 Å². The van der Waals surface area contributed by atoms with Crippen LogP contribution in [0.1, 0.15) is 66.2 Å². The molecule has 0 radical (unpaired) electrons. The van der Waals surface area contributed by atoms with Gasteiger partial charge in [0.2, 0.25) is 0 Å². The van der Waals surface area contributed by atoms with Gasteiger partial charge in [0.15, 0.2) is 22.2 Å². The number of benzene rings is 2. The maximum Gasteiger partial charge on any atom is 0.586 e. The van der Waals surface area contributed by atoms with E-state index < -0.39 is 65.4 Å². The summed E-state index contributed by atoms with van der Waals surface area (Å²) < 4.78 is 95.4. The molecule has 0 spiro atoms. The summed E-state index contributed by atoms with van der Waals surface area (Å²) >= 11 is 1.22. The number of esters is 1. The number of amides is 2. The van der Waals surface area contributed by atoms with Crippen molar-refractivity contribution in [1.82, 2.24) is 10.3 Å². The standard InChI is InChI=1S/C34H35F5N4O8S/c1-31(29(46)48-3)9-11-43(12-10-31)30-42-19-6-7-22(47-2)25(26(19)52-30)28(45)40-20-14-24-23(50-34(38,39)51-24)13-18(20)27(44)41-21-16-49-32(33(35,36)37)8-4-5-17(21)15-32/h6-7,13-14,17,21H,4-5,8-12,15-16H2,1-3H3,(H,40,45)(H,41,44). The molecule has 3 fully saturated rings. The minimum Gasteiger partial charge on any atom is -0.496 e. The SMILES string of the molecule is COC(=O)C1(C)CCN(c2nc3ccc(OC)c(C(=O)Nc4cc5c(cc4C(=O)NC4COC6(C(F)(F)F)CCCC4C6)OC(F)(F)O5)c3s2)CC1. The molecule has 2 N–H and O–H groups in total. The molecule has 12 nitrogen and oxygen atoms in total. The van der Waals surface area contributed by atoms with E-state index >= 15 is 0 Å². The number of nitrogens with one attached hydrogen (secondary N) is 2. The number of rotatable bonds is 7. The number of alkyl halides is 5. The first-order valence-corrected chi connectivity index (χ1v) is 17.4. The molecule has 2 bridgehead atoms. The maximum absolute atomic E-state index is 14.1. The van der Waals surface area contributed by atoms with Gasteiger partial charge in [-0.1, -0.05) is 11.3 Å². The molecule has 4 heterocycles. The Labute approximate surface area is 297 Å². The van der Waals surface area contributed by atoms with Crippen LogP contribution in [0.4, 0.5) is 32.8 Å². The number of fused-ring (bicyclic) bond motifs is 4. The van der Waals surface area contributed by atoms with Crippen LogP contribution in [0.3, 0.4) is 0 Å². The van der Waals surface area contributed by atoms with E-state index in [-0.39, 0.29) is 47.8 Å². The van der Waals surface area contributed by atoms with Crippen molar-refractivity contribution in [1.29, 1.82) is 0 Å². The van der Waals surface area contributed by atoms with Crippen LogP contribution in [0, 0.1) is 11.3 Å². The van der Waals surface area contributed by atoms with E-state index in [1.165, 1.54) is 25.6 Å². The smallest absolute Gasteiger partial charge is 0.496 e. The average Bonchev–Trinajstić information content (AvgIpc) is 3.67. The summed E-state index contributed by atoms with van der Waals surface area (Å²) in [6.07, 6.45) is -7.42. The Kier molecular flexibility index (Phi) is 8.91. The van der Waals surface area contributed by atoms with Gasteiger partial charge in [0.25, 0.3) is 11.8 Å². The van der Waals surface area contributed by atoms with Crippen molar-refractivity contribution in [3.05, 3.63) is 35.4 Å². The fourth-order valence-electron chi connectivity index (χ4n) is 7.48. The van der Waals surface area contributed by atoms with Gasteiger partial charge in [-0.05, 0) is 69.6 Å². The monoisotopic (exact) mass is 754 g/mol. The van der Waals surface area contributed by atoms with Crippen LogP contribution in [-0.4, -0.2) is 80.8 Å². The van der Waals surface area contributed by atoms with E-state index in [1.54, 1.807) is 12.1 Å². The molecule has 1 aromatic heterocycles. The first-order valence-electron chi connectivity index (χ1n) is 16.6. The van der Waals surface area contributed by atoms with Crippen molar-refractivity contribution in [2.24, 2.45) is 11.3 Å². The van der Waals surface area contributed by atoms with Gasteiger partial charge in [0, 0.05) is 19.2 Å². The fraction of sp³-hybridized carbons (Fsp3) is 0.529. The van der Waals surface area contributed by atoms with Crippen LogP contribution < -0.4 is 29.7 Å². The lowest BCUT2D eigenvalue weighted by Crippen LogP contribution is -2.60. The largest absolute Gasteiger partial charge is 0.586 e. The van der Waals surface area contributed by atoms with Crippen LogP contribution in [0.2, 0.25) is 0 Å². The predicted octanol–water partition coefficient (Wildman–Crippen LogP) is 6.28. The first-order chi connectivity index (χ1) is 24.5. The molecule has 2 amide bonds. The number of carbonyl (C=O) groups excluding carboxylic acids is 3. The molecule has 4 aliphatic rings. The van der Waals surface area contributed by atoms with Crippen molar-refractivity contribution >= 4 is 50.2 Å². The van der Waals surface area contributed by atoms with Crippen LogP contribution in [-0.2, 0) is 14.3 Å². The number of carbonyl (C=O) groups is 3. The summed E-state index contributed by atoms with van der Waals surface area (Å²) in [5.74, 6) is -3.22. The van der Waals surface area contributed by atoms with E-state index in [1.807, 2.05) is 11.8 Å². The number of halogens is 5. The second kappa shape index (κ2) is 12.9. The number of thiazole rings is 1. The second-order valence-corrected chi connectivity index (χ2v) is 14.7. The number of ether oxygens (including phenoxy) is 5. The molecule has 3 unspecified atom stereocenters. The predicted molar refractivity (Wildman–Crippen MR) is 176 cm³/mol. The number of hydrogen-bond acceptors (Lipinski definition) is 11. The zero-order valence-electron chi connectivity index (χ0n) is 28.3. The van der Waals surface area contributed by atoms with Crippen molar-refractivity contribution < 1.29 is 60.0 Å². The van der Waals surface area contributed by atoms with Crippen LogP contribution in [0.25, 0.3) is 10.2 Å². The number of anilines is 2. The molecule has 1 saturated carbocycles. The topological polar surface area (TPSA) is 138 Å². The Morgan fingerprint density at radius 1 is 1.04 bits per heavy atom. The minimum atomic E-state index is -4.58. The summed E-state index contributed by atoms with van der Waals surface area (Å²) in [5.41, 5.74) is -2.92. The molecule has 7 rings (SSSR count). The Hall–Kier alpha value is -4.45. The Morgan fingerprint density at radius 3 is 2.42 bits per heavy atom. The molecular formula is C34H35F5N4O8S. The molecular weight excluding hydrogens is 719 g/mol. The van der Waals surface area contributed by atoms with Gasteiger partial charge in [-0.3, -0.25) is 14.4 Å². The van der Waals surface area contributed by atoms with Gasteiger partial charge >= 0.3 is 18.4 Å². The zero-order valence-corrected chi connectivity index (χ0v) is 29.1. The van der Waals surface area contributed by atoms with Gasteiger partial charge in [-0.2, -0.15) is 13.2 Å². The third-order valence-corrected chi connectivity index (χ3v) is 11.6. The van der Waals surface area contributed by atoms with E-state index in [2.05, 4.69) is 20.1 Å². The minimum absolute atomic E-state index is 0.0564. The van der Waals surface area contributed by atoms with Gasteiger partial charge in [0.05, 0.1) is 53.8 Å². The molecule has 3 aliphatic heterocycles. The highest BCUT2D eigenvalue weighted by Crippen LogP contribution is 2.50. The van der Waals surface area contributed by atoms with Crippen LogP contribution in [0.5, 0.6) is 17.2 Å². The summed E-state index contributed by atoms with van der Waals surface area (Å²) in [6.45, 7) is 2.46. The molecule has 3 aromatic rings. The lowest BCUT2D eigenvalue weighted by atomic mass is 9.72. The van der Waals surface area contributed by atoms with Crippen LogP contribution in [0.15, 0.2) is 24.3 Å². The van der Waals surface area contributed by atoms with Crippen molar-refractivity contribution in [3.8, 4) is 17.2 Å². The lowest BCUT2D eigenvalue weighted by Gasteiger charge is -2.49. The van der Waals surface area contributed by atoms with E-state index in [9.17, 15) is 36.3 Å².